The van der Waals surface area contributed by atoms with Gasteiger partial charge in [0.05, 0.1) is 5.69 Å². The maximum Gasteiger partial charge on any atom is 0.251 e. The van der Waals surface area contributed by atoms with Gasteiger partial charge >= 0.3 is 0 Å². The number of hydrogen-bond donors (Lipinski definition) is 2. The molecule has 1 amide bonds. The van der Waals surface area contributed by atoms with Crippen molar-refractivity contribution in [1.29, 1.82) is 0 Å². The van der Waals surface area contributed by atoms with E-state index in [1.807, 2.05) is 13.8 Å². The largest absolute Gasteiger partial charge is 0.350 e. The molecule has 0 bridgehead atoms. The smallest absolute Gasteiger partial charge is 0.251 e. The van der Waals surface area contributed by atoms with Gasteiger partial charge in [-0.2, -0.15) is 0 Å². The Kier molecular flexibility index (Phi) is 6.45. The molecule has 0 saturated carbocycles. The highest BCUT2D eigenvalue weighted by Gasteiger charge is 2.21. The summed E-state index contributed by atoms with van der Waals surface area (Å²) in [7, 11) is 0. The van der Waals surface area contributed by atoms with E-state index in [9.17, 15) is 4.79 Å². The number of rotatable bonds is 6. The van der Waals surface area contributed by atoms with Crippen molar-refractivity contribution in [2.75, 3.05) is 6.54 Å². The molecule has 0 saturated heterocycles. The standard InChI is InChI=1S/C14H20N6O.ClH/c1-3-14(15,4-2)9-16-13(21)11-5-7-12(8-6-11)20-10-17-18-19-20;/h5-8,10H,3-4,9,15H2,1-2H3,(H,16,21);1H. The van der Waals surface area contributed by atoms with Crippen LogP contribution in [0.3, 0.4) is 0 Å². The van der Waals surface area contributed by atoms with Crippen LogP contribution < -0.4 is 11.1 Å². The second-order valence-electron chi connectivity index (χ2n) is 5.05. The first-order valence-electron chi connectivity index (χ1n) is 6.98. The van der Waals surface area contributed by atoms with Crippen molar-refractivity contribution in [3.63, 3.8) is 0 Å². The lowest BCUT2D eigenvalue weighted by atomic mass is 9.94. The first-order valence-corrected chi connectivity index (χ1v) is 6.98. The molecule has 120 valence electrons. The minimum atomic E-state index is -0.345. The number of nitrogens with zero attached hydrogens (tertiary/aromatic N) is 4. The fraction of sp³-hybridized carbons (Fsp3) is 0.429. The maximum absolute atomic E-state index is 12.1. The average Bonchev–Trinajstić information content (AvgIpc) is 3.07. The van der Waals surface area contributed by atoms with Crippen LogP contribution in [-0.2, 0) is 0 Å². The predicted molar refractivity (Wildman–Crippen MR) is 86.2 cm³/mol. The van der Waals surface area contributed by atoms with E-state index in [2.05, 4.69) is 20.8 Å². The zero-order chi connectivity index (χ0) is 15.3. The van der Waals surface area contributed by atoms with E-state index < -0.39 is 0 Å². The van der Waals surface area contributed by atoms with Gasteiger partial charge in [0.1, 0.15) is 6.33 Å². The van der Waals surface area contributed by atoms with Gasteiger partial charge in [-0.25, -0.2) is 4.68 Å². The molecule has 1 aromatic carbocycles. The van der Waals surface area contributed by atoms with Crippen LogP contribution in [0.4, 0.5) is 0 Å². The molecule has 8 heteroatoms. The Balaban J connectivity index is 0.00000242. The Bertz CT molecular complexity index is 580. The highest BCUT2D eigenvalue weighted by atomic mass is 35.5. The Morgan fingerprint density at radius 3 is 2.41 bits per heavy atom. The van der Waals surface area contributed by atoms with Gasteiger partial charge < -0.3 is 11.1 Å². The van der Waals surface area contributed by atoms with E-state index in [4.69, 9.17) is 5.73 Å². The number of hydrogen-bond acceptors (Lipinski definition) is 5. The molecule has 1 aromatic heterocycles. The third-order valence-electron chi connectivity index (χ3n) is 3.75. The maximum atomic E-state index is 12.1. The van der Waals surface area contributed by atoms with Gasteiger partial charge in [-0.1, -0.05) is 13.8 Å². The van der Waals surface area contributed by atoms with Crippen molar-refractivity contribution in [1.82, 2.24) is 25.5 Å². The SMILES string of the molecule is CCC(N)(CC)CNC(=O)c1ccc(-n2cnnn2)cc1.Cl. The van der Waals surface area contributed by atoms with Crippen molar-refractivity contribution >= 4 is 18.3 Å². The van der Waals surface area contributed by atoms with Gasteiger partial charge in [0.15, 0.2) is 0 Å². The molecule has 22 heavy (non-hydrogen) atoms. The molecular formula is C14H21ClN6O. The molecule has 1 heterocycles. The summed E-state index contributed by atoms with van der Waals surface area (Å²) in [4.78, 5) is 12.1. The quantitative estimate of drug-likeness (QED) is 0.835. The second-order valence-corrected chi connectivity index (χ2v) is 5.05. The minimum absolute atomic E-state index is 0. The normalized spacial score (nSPS) is 10.9. The lowest BCUT2D eigenvalue weighted by Gasteiger charge is -2.26. The van der Waals surface area contributed by atoms with E-state index in [0.29, 0.717) is 12.1 Å². The number of nitrogens with two attached hydrogens (primary N) is 1. The Morgan fingerprint density at radius 2 is 1.91 bits per heavy atom. The molecule has 2 aromatic rings. The number of carbonyl (C=O) groups excluding carboxylic acids is 1. The van der Waals surface area contributed by atoms with Crippen molar-refractivity contribution in [3.8, 4) is 5.69 Å². The first kappa shape index (κ1) is 18.1. The molecule has 0 aliphatic heterocycles. The molecule has 0 unspecified atom stereocenters. The monoisotopic (exact) mass is 324 g/mol. The number of aromatic nitrogens is 4. The van der Waals surface area contributed by atoms with Crippen LogP contribution in [0.15, 0.2) is 30.6 Å². The number of benzene rings is 1. The summed E-state index contributed by atoms with van der Waals surface area (Å²) in [5, 5.41) is 13.8. The van der Waals surface area contributed by atoms with E-state index in [0.717, 1.165) is 18.5 Å². The van der Waals surface area contributed by atoms with E-state index in [1.54, 1.807) is 24.3 Å². The van der Waals surface area contributed by atoms with E-state index >= 15 is 0 Å². The second kappa shape index (κ2) is 7.86. The molecule has 0 aliphatic carbocycles. The number of tetrazole rings is 1. The third kappa shape index (κ3) is 4.25. The van der Waals surface area contributed by atoms with Crippen molar-refractivity contribution in [3.05, 3.63) is 36.2 Å². The predicted octanol–water partition coefficient (Wildman–Crippen LogP) is 1.33. The van der Waals surface area contributed by atoms with Gasteiger partial charge in [-0.3, -0.25) is 4.79 Å². The van der Waals surface area contributed by atoms with Crippen molar-refractivity contribution in [2.24, 2.45) is 5.73 Å². The molecular weight excluding hydrogens is 304 g/mol. The topological polar surface area (TPSA) is 98.7 Å². The zero-order valence-corrected chi connectivity index (χ0v) is 13.5. The fourth-order valence-electron chi connectivity index (χ4n) is 1.90. The summed E-state index contributed by atoms with van der Waals surface area (Å²) in [5.74, 6) is -0.130. The highest BCUT2D eigenvalue weighted by Crippen LogP contribution is 2.11. The van der Waals surface area contributed by atoms with Crippen LogP contribution in [-0.4, -0.2) is 38.2 Å². The highest BCUT2D eigenvalue weighted by molar-refractivity contribution is 5.94. The Labute approximate surface area is 135 Å². The summed E-state index contributed by atoms with van der Waals surface area (Å²) in [6, 6.07) is 7.06. The fourth-order valence-corrected chi connectivity index (χ4v) is 1.90. The van der Waals surface area contributed by atoms with Gasteiger partial charge in [-0.15, -0.1) is 17.5 Å². The summed E-state index contributed by atoms with van der Waals surface area (Å²) in [5.41, 5.74) is 7.21. The number of amides is 1. The van der Waals surface area contributed by atoms with Crippen LogP contribution in [0.1, 0.15) is 37.0 Å². The molecule has 7 nitrogen and oxygen atoms in total. The van der Waals surface area contributed by atoms with Gasteiger partial charge in [-0.05, 0) is 47.5 Å². The molecule has 0 fully saturated rings. The molecule has 0 atom stereocenters. The summed E-state index contributed by atoms with van der Waals surface area (Å²) in [6.07, 6.45) is 3.14. The molecule has 3 N–H and O–H groups in total. The summed E-state index contributed by atoms with van der Waals surface area (Å²) < 4.78 is 1.53. The molecule has 0 spiro atoms. The summed E-state index contributed by atoms with van der Waals surface area (Å²) >= 11 is 0. The number of halogens is 1. The lowest BCUT2D eigenvalue weighted by molar-refractivity contribution is 0.0942. The third-order valence-corrected chi connectivity index (χ3v) is 3.75. The van der Waals surface area contributed by atoms with Crippen LogP contribution in [0.2, 0.25) is 0 Å². The Morgan fingerprint density at radius 1 is 1.27 bits per heavy atom. The summed E-state index contributed by atoms with van der Waals surface area (Å²) in [6.45, 7) is 4.51. The molecule has 2 rings (SSSR count). The van der Waals surface area contributed by atoms with Crippen LogP contribution in [0.5, 0.6) is 0 Å². The van der Waals surface area contributed by atoms with Crippen molar-refractivity contribution in [2.45, 2.75) is 32.2 Å². The van der Waals surface area contributed by atoms with Crippen molar-refractivity contribution < 1.29 is 4.79 Å². The van der Waals surface area contributed by atoms with Crippen LogP contribution in [0, 0.1) is 0 Å². The number of carbonyl (C=O) groups is 1. The zero-order valence-electron chi connectivity index (χ0n) is 12.7. The van der Waals surface area contributed by atoms with Crippen LogP contribution in [0.25, 0.3) is 5.69 Å². The van der Waals surface area contributed by atoms with Gasteiger partial charge in [0.25, 0.3) is 5.91 Å². The lowest BCUT2D eigenvalue weighted by Crippen LogP contribution is -2.49. The molecule has 0 aliphatic rings. The minimum Gasteiger partial charge on any atom is -0.350 e. The van der Waals surface area contributed by atoms with E-state index in [1.165, 1.54) is 11.0 Å². The Hall–Kier alpha value is -1.99. The molecule has 0 radical (unpaired) electrons. The van der Waals surface area contributed by atoms with Gasteiger partial charge in [0.2, 0.25) is 0 Å². The first-order chi connectivity index (χ1) is 10.1. The van der Waals surface area contributed by atoms with E-state index in [-0.39, 0.29) is 23.9 Å². The number of nitrogens with one attached hydrogen (secondary N) is 1. The van der Waals surface area contributed by atoms with Crippen LogP contribution >= 0.6 is 12.4 Å². The average molecular weight is 325 g/mol. The van der Waals surface area contributed by atoms with Gasteiger partial charge in [0, 0.05) is 17.6 Å².